The quantitative estimate of drug-likeness (QED) is 0.630. The first-order chi connectivity index (χ1) is 12.5. The standard InChI is InChI=1S/C20H28N2O4/c23-18(8-4-7-15-5-2-1-3-6-15)22-17-11-9-16(10-12-17)13-19(24)21-14-20(25)26/h9-12,15H,1-8,13-14H2,(H,21,24)(H,22,23)(H,25,26). The summed E-state index contributed by atoms with van der Waals surface area (Å²) >= 11 is 0. The zero-order chi connectivity index (χ0) is 18.8. The van der Waals surface area contributed by atoms with Crippen molar-refractivity contribution >= 4 is 23.5 Å². The van der Waals surface area contributed by atoms with Crippen LogP contribution in [0.4, 0.5) is 5.69 Å². The summed E-state index contributed by atoms with van der Waals surface area (Å²) in [6.45, 7) is -0.381. The molecule has 0 bridgehead atoms. The van der Waals surface area contributed by atoms with Gasteiger partial charge in [0.15, 0.2) is 0 Å². The van der Waals surface area contributed by atoms with E-state index in [-0.39, 0.29) is 24.8 Å². The molecule has 0 spiro atoms. The molecule has 0 heterocycles. The number of aliphatic carboxylic acids is 1. The fraction of sp³-hybridized carbons (Fsp3) is 0.550. The highest BCUT2D eigenvalue weighted by atomic mass is 16.4. The number of carboxylic acid groups (broad SMARTS) is 1. The second-order valence-corrected chi connectivity index (χ2v) is 6.99. The van der Waals surface area contributed by atoms with Gasteiger partial charge in [-0.3, -0.25) is 14.4 Å². The summed E-state index contributed by atoms with van der Waals surface area (Å²) in [4.78, 5) is 34.0. The van der Waals surface area contributed by atoms with Crippen LogP contribution in [0.5, 0.6) is 0 Å². The van der Waals surface area contributed by atoms with Crippen molar-refractivity contribution < 1.29 is 19.5 Å². The number of carbonyl (C=O) groups excluding carboxylic acids is 2. The molecular formula is C20H28N2O4. The van der Waals surface area contributed by atoms with E-state index in [1.54, 1.807) is 24.3 Å². The summed E-state index contributed by atoms with van der Waals surface area (Å²) < 4.78 is 0. The Kier molecular flexibility index (Phi) is 8.12. The van der Waals surface area contributed by atoms with Crippen LogP contribution < -0.4 is 10.6 Å². The monoisotopic (exact) mass is 360 g/mol. The van der Waals surface area contributed by atoms with Crippen LogP contribution in [0, 0.1) is 5.92 Å². The third kappa shape index (κ3) is 7.68. The van der Waals surface area contributed by atoms with E-state index in [1.807, 2.05) is 0 Å². The lowest BCUT2D eigenvalue weighted by Gasteiger charge is -2.21. The number of amides is 2. The Morgan fingerprint density at radius 3 is 2.35 bits per heavy atom. The molecule has 1 saturated carbocycles. The molecule has 0 saturated heterocycles. The van der Waals surface area contributed by atoms with Crippen molar-refractivity contribution in [1.82, 2.24) is 5.32 Å². The lowest BCUT2D eigenvalue weighted by atomic mass is 9.86. The van der Waals surface area contributed by atoms with Gasteiger partial charge in [-0.25, -0.2) is 0 Å². The van der Waals surface area contributed by atoms with Gasteiger partial charge < -0.3 is 15.7 Å². The van der Waals surface area contributed by atoms with E-state index in [9.17, 15) is 14.4 Å². The highest BCUT2D eigenvalue weighted by Gasteiger charge is 2.13. The second-order valence-electron chi connectivity index (χ2n) is 6.99. The molecule has 2 rings (SSSR count). The summed E-state index contributed by atoms with van der Waals surface area (Å²) in [6, 6.07) is 7.05. The predicted molar refractivity (Wildman–Crippen MR) is 99.8 cm³/mol. The first-order valence-corrected chi connectivity index (χ1v) is 9.40. The third-order valence-corrected chi connectivity index (χ3v) is 4.78. The van der Waals surface area contributed by atoms with E-state index < -0.39 is 5.97 Å². The Bertz CT molecular complexity index is 607. The molecule has 1 aromatic carbocycles. The molecular weight excluding hydrogens is 332 g/mol. The van der Waals surface area contributed by atoms with Crippen LogP contribution >= 0.6 is 0 Å². The lowest BCUT2D eigenvalue weighted by Crippen LogP contribution is -2.30. The smallest absolute Gasteiger partial charge is 0.322 e. The zero-order valence-electron chi connectivity index (χ0n) is 15.1. The van der Waals surface area contributed by atoms with Gasteiger partial charge in [-0.1, -0.05) is 44.2 Å². The van der Waals surface area contributed by atoms with Crippen LogP contribution in [-0.4, -0.2) is 29.4 Å². The summed E-state index contributed by atoms with van der Waals surface area (Å²) in [7, 11) is 0. The summed E-state index contributed by atoms with van der Waals surface area (Å²) in [5.41, 5.74) is 1.48. The van der Waals surface area contributed by atoms with Gasteiger partial charge in [-0.15, -0.1) is 0 Å². The predicted octanol–water partition coefficient (Wildman–Crippen LogP) is 3.12. The van der Waals surface area contributed by atoms with Crippen molar-refractivity contribution in [3.63, 3.8) is 0 Å². The Balaban J connectivity index is 1.67. The van der Waals surface area contributed by atoms with E-state index >= 15 is 0 Å². The largest absolute Gasteiger partial charge is 0.480 e. The molecule has 142 valence electrons. The fourth-order valence-electron chi connectivity index (χ4n) is 3.38. The molecule has 0 atom stereocenters. The third-order valence-electron chi connectivity index (χ3n) is 4.78. The van der Waals surface area contributed by atoms with Crippen LogP contribution in [-0.2, 0) is 20.8 Å². The highest BCUT2D eigenvalue weighted by Crippen LogP contribution is 2.27. The van der Waals surface area contributed by atoms with E-state index in [1.165, 1.54) is 32.1 Å². The number of carbonyl (C=O) groups is 3. The zero-order valence-corrected chi connectivity index (χ0v) is 15.1. The number of hydrogen-bond donors (Lipinski definition) is 3. The number of benzene rings is 1. The second kappa shape index (κ2) is 10.6. The Labute approximate surface area is 154 Å². The van der Waals surface area contributed by atoms with Gasteiger partial charge >= 0.3 is 5.97 Å². The maximum atomic E-state index is 12.0. The molecule has 1 aliphatic carbocycles. The van der Waals surface area contributed by atoms with Gasteiger partial charge in [0.2, 0.25) is 11.8 Å². The molecule has 0 unspecified atom stereocenters. The minimum Gasteiger partial charge on any atom is -0.480 e. The van der Waals surface area contributed by atoms with Crippen molar-refractivity contribution in [2.24, 2.45) is 5.92 Å². The van der Waals surface area contributed by atoms with Crippen molar-refractivity contribution in [2.75, 3.05) is 11.9 Å². The minimum absolute atomic E-state index is 0.0211. The van der Waals surface area contributed by atoms with Crippen LogP contribution in [0.1, 0.15) is 56.9 Å². The van der Waals surface area contributed by atoms with Crippen LogP contribution in [0.15, 0.2) is 24.3 Å². The highest BCUT2D eigenvalue weighted by molar-refractivity contribution is 5.90. The number of rotatable bonds is 9. The topological polar surface area (TPSA) is 95.5 Å². The molecule has 6 heteroatoms. The molecule has 2 amide bonds. The van der Waals surface area contributed by atoms with Crippen molar-refractivity contribution in [3.8, 4) is 0 Å². The molecule has 26 heavy (non-hydrogen) atoms. The van der Waals surface area contributed by atoms with Gasteiger partial charge in [0.05, 0.1) is 6.42 Å². The van der Waals surface area contributed by atoms with E-state index in [4.69, 9.17) is 5.11 Å². The summed E-state index contributed by atoms with van der Waals surface area (Å²) in [5, 5.41) is 13.7. The first-order valence-electron chi connectivity index (χ1n) is 9.40. The maximum Gasteiger partial charge on any atom is 0.322 e. The van der Waals surface area contributed by atoms with E-state index in [2.05, 4.69) is 10.6 Å². The van der Waals surface area contributed by atoms with Crippen molar-refractivity contribution in [2.45, 2.75) is 57.8 Å². The molecule has 1 aliphatic rings. The van der Waals surface area contributed by atoms with Gasteiger partial charge in [-0.05, 0) is 36.5 Å². The van der Waals surface area contributed by atoms with Crippen molar-refractivity contribution in [3.05, 3.63) is 29.8 Å². The first kappa shape index (κ1) is 19.9. The average Bonchev–Trinajstić information content (AvgIpc) is 2.62. The van der Waals surface area contributed by atoms with E-state index in [0.29, 0.717) is 12.1 Å². The van der Waals surface area contributed by atoms with Gasteiger partial charge in [0.25, 0.3) is 0 Å². The summed E-state index contributed by atoms with van der Waals surface area (Å²) in [6.07, 6.45) is 9.35. The molecule has 3 N–H and O–H groups in total. The normalized spacial score (nSPS) is 14.6. The van der Waals surface area contributed by atoms with Gasteiger partial charge in [0.1, 0.15) is 6.54 Å². The fourth-order valence-corrected chi connectivity index (χ4v) is 3.38. The Morgan fingerprint density at radius 1 is 1.00 bits per heavy atom. The molecule has 6 nitrogen and oxygen atoms in total. The number of hydrogen-bond acceptors (Lipinski definition) is 3. The molecule has 1 fully saturated rings. The molecule has 0 aromatic heterocycles. The SMILES string of the molecule is O=C(O)CNC(=O)Cc1ccc(NC(=O)CCCC2CCCCC2)cc1. The number of carboxylic acids is 1. The number of nitrogens with one attached hydrogen (secondary N) is 2. The maximum absolute atomic E-state index is 12.0. The Hall–Kier alpha value is -2.37. The van der Waals surface area contributed by atoms with Crippen LogP contribution in [0.25, 0.3) is 0 Å². The molecule has 0 aliphatic heterocycles. The molecule has 1 aromatic rings. The lowest BCUT2D eigenvalue weighted by molar-refractivity contribution is -0.137. The van der Waals surface area contributed by atoms with Gasteiger partial charge in [-0.2, -0.15) is 0 Å². The van der Waals surface area contributed by atoms with Crippen LogP contribution in [0.2, 0.25) is 0 Å². The number of anilines is 1. The van der Waals surface area contributed by atoms with Gasteiger partial charge in [0, 0.05) is 12.1 Å². The van der Waals surface area contributed by atoms with E-state index in [0.717, 1.165) is 24.3 Å². The Morgan fingerprint density at radius 2 is 1.69 bits per heavy atom. The molecule has 0 radical (unpaired) electrons. The average molecular weight is 360 g/mol. The van der Waals surface area contributed by atoms with Crippen LogP contribution in [0.3, 0.4) is 0 Å². The van der Waals surface area contributed by atoms with Crippen molar-refractivity contribution in [1.29, 1.82) is 0 Å². The minimum atomic E-state index is -1.07. The summed E-state index contributed by atoms with van der Waals surface area (Å²) in [5.74, 6) is -0.595.